The van der Waals surface area contributed by atoms with Crippen LogP contribution in [0.1, 0.15) is 5.76 Å². The molecule has 2 heterocycles. The number of carbonyl (C=O) groups excluding carboxylic acids is 3. The average molecular weight is 518 g/mol. The second-order valence-corrected chi connectivity index (χ2v) is 8.75. The molecule has 1 aliphatic rings. The Morgan fingerprint density at radius 1 is 1.15 bits per heavy atom. The van der Waals surface area contributed by atoms with Crippen molar-refractivity contribution >= 4 is 69.5 Å². The number of benzene rings is 2. The van der Waals surface area contributed by atoms with Crippen LogP contribution in [0.3, 0.4) is 0 Å². The van der Waals surface area contributed by atoms with Gasteiger partial charge < -0.3 is 9.73 Å². The van der Waals surface area contributed by atoms with Gasteiger partial charge in [-0.2, -0.15) is 0 Å². The van der Waals surface area contributed by atoms with Crippen LogP contribution < -0.4 is 5.32 Å². The zero-order chi connectivity index (χ0) is 24.4. The number of nitro groups is 1. The molecule has 1 fully saturated rings. The molecule has 34 heavy (non-hydrogen) atoms. The first-order chi connectivity index (χ1) is 16.2. The lowest BCUT2D eigenvalue weighted by molar-refractivity contribution is -0.384. The molecule has 4 rings (SSSR count). The van der Waals surface area contributed by atoms with Crippen LogP contribution in [0.15, 0.2) is 63.9 Å². The van der Waals surface area contributed by atoms with Gasteiger partial charge in [-0.3, -0.25) is 29.4 Å². The van der Waals surface area contributed by atoms with Crippen molar-refractivity contribution < 1.29 is 23.7 Å². The summed E-state index contributed by atoms with van der Waals surface area (Å²) in [6, 6.07) is 13.7. The molecule has 3 aromatic rings. The highest BCUT2D eigenvalue weighted by atomic mass is 35.5. The van der Waals surface area contributed by atoms with Gasteiger partial charge in [-0.1, -0.05) is 35.3 Å². The molecule has 9 nitrogen and oxygen atoms in total. The maximum absolute atomic E-state index is 12.7. The van der Waals surface area contributed by atoms with Crippen molar-refractivity contribution in [3.8, 4) is 11.3 Å². The van der Waals surface area contributed by atoms with E-state index in [0.29, 0.717) is 22.5 Å². The van der Waals surface area contributed by atoms with Crippen LogP contribution in [0.25, 0.3) is 17.4 Å². The highest BCUT2D eigenvalue weighted by Gasteiger charge is 2.36. The molecule has 2 aromatic carbocycles. The van der Waals surface area contributed by atoms with Gasteiger partial charge in [0.1, 0.15) is 18.1 Å². The molecule has 0 spiro atoms. The third-order valence-electron chi connectivity index (χ3n) is 4.65. The highest BCUT2D eigenvalue weighted by Crippen LogP contribution is 2.36. The zero-order valence-corrected chi connectivity index (χ0v) is 19.3. The van der Waals surface area contributed by atoms with Crippen LogP contribution in [0.5, 0.6) is 0 Å². The first-order valence-electron chi connectivity index (χ1n) is 9.57. The van der Waals surface area contributed by atoms with E-state index >= 15 is 0 Å². The number of hydrogen-bond acceptors (Lipinski definition) is 7. The Morgan fingerprint density at radius 2 is 1.91 bits per heavy atom. The number of nitrogens with one attached hydrogen (secondary N) is 1. The van der Waals surface area contributed by atoms with E-state index in [-0.39, 0.29) is 32.7 Å². The number of furan rings is 1. The molecule has 3 amide bonds. The van der Waals surface area contributed by atoms with Crippen molar-refractivity contribution in [1.82, 2.24) is 4.90 Å². The molecule has 1 N–H and O–H groups in total. The van der Waals surface area contributed by atoms with Gasteiger partial charge in [-0.15, -0.1) is 0 Å². The van der Waals surface area contributed by atoms with Crippen LogP contribution in [0, 0.1) is 10.1 Å². The maximum atomic E-state index is 12.7. The second-order valence-electron chi connectivity index (χ2n) is 6.92. The molecule has 0 aliphatic carbocycles. The van der Waals surface area contributed by atoms with Crippen molar-refractivity contribution in [2.24, 2.45) is 0 Å². The highest BCUT2D eigenvalue weighted by molar-refractivity contribution is 8.18. The summed E-state index contributed by atoms with van der Waals surface area (Å²) in [7, 11) is 0. The lowest BCUT2D eigenvalue weighted by atomic mass is 10.1. The van der Waals surface area contributed by atoms with Gasteiger partial charge in [0.25, 0.3) is 16.8 Å². The lowest BCUT2D eigenvalue weighted by Gasteiger charge is -2.13. The SMILES string of the molecule is O=C(CN1C(=O)S/C(=C/c2ccc(-c3ccc(Cl)cc3[N+](=O)[O-])o2)C1=O)Nc1ccccc1Cl. The first-order valence-corrected chi connectivity index (χ1v) is 11.1. The van der Waals surface area contributed by atoms with E-state index in [1.807, 2.05) is 0 Å². The molecular formula is C22H13Cl2N3O6S. The molecule has 0 atom stereocenters. The fourth-order valence-electron chi connectivity index (χ4n) is 3.10. The lowest BCUT2D eigenvalue weighted by Crippen LogP contribution is -2.36. The quantitative estimate of drug-likeness (QED) is 0.247. The minimum absolute atomic E-state index is 0.0436. The molecule has 12 heteroatoms. The van der Waals surface area contributed by atoms with Gasteiger partial charge in [0.2, 0.25) is 5.91 Å². The second kappa shape index (κ2) is 9.72. The summed E-state index contributed by atoms with van der Waals surface area (Å²) >= 11 is 12.5. The number of nitro benzene ring substituents is 1. The van der Waals surface area contributed by atoms with Gasteiger partial charge in [0.15, 0.2) is 0 Å². The van der Waals surface area contributed by atoms with E-state index in [4.69, 9.17) is 27.6 Å². The van der Waals surface area contributed by atoms with Crippen molar-refractivity contribution in [3.63, 3.8) is 0 Å². The standard InChI is InChI=1S/C22H13Cl2N3O6S/c23-12-5-7-14(17(9-12)27(31)32)18-8-6-13(33-18)10-19-21(29)26(22(30)34-19)11-20(28)25-16-4-2-1-3-15(16)24/h1-10H,11H2,(H,25,28)/b19-10+. The fraction of sp³-hybridized carbons (Fsp3) is 0.0455. The van der Waals surface area contributed by atoms with Gasteiger partial charge in [-0.05, 0) is 48.2 Å². The number of amides is 3. The fourth-order valence-corrected chi connectivity index (χ4v) is 4.27. The Hall–Kier alpha value is -3.60. The third kappa shape index (κ3) is 4.98. The van der Waals surface area contributed by atoms with Crippen molar-refractivity contribution in [2.45, 2.75) is 0 Å². The summed E-state index contributed by atoms with van der Waals surface area (Å²) < 4.78 is 5.64. The monoisotopic (exact) mass is 517 g/mol. The van der Waals surface area contributed by atoms with E-state index in [2.05, 4.69) is 5.32 Å². The summed E-state index contributed by atoms with van der Waals surface area (Å²) in [5.41, 5.74) is 0.327. The number of rotatable bonds is 6. The number of anilines is 1. The van der Waals surface area contributed by atoms with Crippen LogP contribution >= 0.6 is 35.0 Å². The van der Waals surface area contributed by atoms with Gasteiger partial charge >= 0.3 is 0 Å². The van der Waals surface area contributed by atoms with E-state index in [9.17, 15) is 24.5 Å². The number of nitrogens with zero attached hydrogens (tertiary/aromatic N) is 2. The van der Waals surface area contributed by atoms with Crippen LogP contribution in [-0.4, -0.2) is 33.4 Å². The predicted molar refractivity (Wildman–Crippen MR) is 129 cm³/mol. The number of carbonyl (C=O) groups is 3. The van der Waals surface area contributed by atoms with Crippen molar-refractivity contribution in [2.75, 3.05) is 11.9 Å². The minimum Gasteiger partial charge on any atom is -0.456 e. The van der Waals surface area contributed by atoms with Crippen molar-refractivity contribution in [1.29, 1.82) is 0 Å². The van der Waals surface area contributed by atoms with Gasteiger partial charge in [-0.25, -0.2) is 0 Å². The Balaban J connectivity index is 1.50. The summed E-state index contributed by atoms with van der Waals surface area (Å²) in [5, 5.41) is 13.8. The molecule has 1 aliphatic heterocycles. The molecule has 0 radical (unpaired) electrons. The Morgan fingerprint density at radius 3 is 2.65 bits per heavy atom. The normalized spacial score (nSPS) is 14.6. The Kier molecular flexibility index (Phi) is 6.73. The topological polar surface area (TPSA) is 123 Å². The Bertz CT molecular complexity index is 1370. The van der Waals surface area contributed by atoms with Crippen molar-refractivity contribution in [3.05, 3.63) is 85.4 Å². The molecule has 172 valence electrons. The smallest absolute Gasteiger partial charge is 0.294 e. The number of imide groups is 1. The molecule has 1 aromatic heterocycles. The molecule has 0 bridgehead atoms. The van der Waals surface area contributed by atoms with E-state index in [1.54, 1.807) is 24.3 Å². The molecular weight excluding hydrogens is 505 g/mol. The van der Waals surface area contributed by atoms with E-state index in [0.717, 1.165) is 4.90 Å². The average Bonchev–Trinajstić information content (AvgIpc) is 3.35. The van der Waals surface area contributed by atoms with Crippen LogP contribution in [0.2, 0.25) is 10.0 Å². The molecule has 0 saturated carbocycles. The molecule has 0 unspecified atom stereocenters. The summed E-state index contributed by atoms with van der Waals surface area (Å²) in [5.74, 6) is -0.870. The summed E-state index contributed by atoms with van der Waals surface area (Å²) in [6.45, 7) is -0.492. The summed E-state index contributed by atoms with van der Waals surface area (Å²) in [4.78, 5) is 48.9. The third-order valence-corrected chi connectivity index (χ3v) is 6.12. The maximum Gasteiger partial charge on any atom is 0.294 e. The van der Waals surface area contributed by atoms with Crippen LogP contribution in [0.4, 0.5) is 16.2 Å². The van der Waals surface area contributed by atoms with E-state index < -0.39 is 28.5 Å². The number of halogens is 2. The van der Waals surface area contributed by atoms with Crippen LogP contribution in [-0.2, 0) is 9.59 Å². The first kappa shape index (κ1) is 23.6. The predicted octanol–water partition coefficient (Wildman–Crippen LogP) is 5.84. The molecule has 1 saturated heterocycles. The number of thioether (sulfide) groups is 1. The van der Waals surface area contributed by atoms with Gasteiger partial charge in [0, 0.05) is 17.2 Å². The van der Waals surface area contributed by atoms with E-state index in [1.165, 1.54) is 36.4 Å². The minimum atomic E-state index is -0.667. The number of hydrogen-bond donors (Lipinski definition) is 1. The number of para-hydroxylation sites is 1. The van der Waals surface area contributed by atoms with Gasteiger partial charge in [0.05, 0.1) is 26.1 Å². The largest absolute Gasteiger partial charge is 0.456 e. The Labute approximate surface area is 206 Å². The summed E-state index contributed by atoms with van der Waals surface area (Å²) in [6.07, 6.45) is 1.34. The zero-order valence-electron chi connectivity index (χ0n) is 17.0.